The van der Waals surface area contributed by atoms with Gasteiger partial charge in [-0.05, 0) is 51.4 Å². The average Bonchev–Trinajstić information content (AvgIpc) is 3.39. The lowest BCUT2D eigenvalue weighted by atomic mass is 9.99. The van der Waals surface area contributed by atoms with Gasteiger partial charge >= 0.3 is 5.97 Å². The summed E-state index contributed by atoms with van der Waals surface area (Å²) in [5.41, 5.74) is 0. The quantitative estimate of drug-likeness (QED) is 0.0195. The monoisotopic (exact) mass is 1040 g/mol. The molecule has 1 fully saturated rings. The van der Waals surface area contributed by atoms with Crippen molar-refractivity contribution in [2.75, 3.05) is 13.2 Å². The summed E-state index contributed by atoms with van der Waals surface area (Å²) in [7, 11) is 0. The van der Waals surface area contributed by atoms with E-state index in [1.165, 1.54) is 180 Å². The zero-order valence-electron chi connectivity index (χ0n) is 47.5. The van der Waals surface area contributed by atoms with Crippen LogP contribution in [0.2, 0.25) is 0 Å². The van der Waals surface area contributed by atoms with E-state index >= 15 is 0 Å². The van der Waals surface area contributed by atoms with Gasteiger partial charge in [0, 0.05) is 6.42 Å². The molecule has 1 saturated heterocycles. The number of esters is 1. The molecule has 1 aliphatic rings. The van der Waals surface area contributed by atoms with Crippen LogP contribution in [0.1, 0.15) is 297 Å². The standard InChI is InChI=1S/C62H117NO10/c1-4-7-10-13-16-19-22-25-27-29-31-34-37-40-43-46-49-55(66)61(70)63-53(54(65)48-45-42-39-36-33-30-24-21-18-15-12-9-6-3)52-71-62-60(59(69)58(68)56(51-64)72-62)73-57(67)50-47-44-41-38-35-32-28-26-23-20-17-14-11-8-5-2/h20,23,45,48,53-56,58-60,62,64-66,68-69H,4-19,21-22,24-44,46-47,49-52H2,1-3H3,(H,63,70)/b23-20-,48-45+. The lowest BCUT2D eigenvalue weighted by Crippen LogP contribution is -2.61. The van der Waals surface area contributed by atoms with E-state index < -0.39 is 67.4 Å². The fraction of sp³-hybridized carbons (Fsp3) is 0.903. The molecule has 430 valence electrons. The molecule has 73 heavy (non-hydrogen) atoms. The van der Waals surface area contributed by atoms with Gasteiger partial charge in [0.2, 0.25) is 5.91 Å². The molecule has 0 aromatic heterocycles. The predicted octanol–water partition coefficient (Wildman–Crippen LogP) is 14.5. The van der Waals surface area contributed by atoms with Gasteiger partial charge in [0.25, 0.3) is 0 Å². The number of hydrogen-bond donors (Lipinski definition) is 6. The normalized spacial score (nSPS) is 19.5. The topological polar surface area (TPSA) is 175 Å². The summed E-state index contributed by atoms with van der Waals surface area (Å²) in [5, 5.41) is 57.0. The van der Waals surface area contributed by atoms with Crippen molar-refractivity contribution in [3.05, 3.63) is 24.3 Å². The van der Waals surface area contributed by atoms with Crippen LogP contribution in [0.15, 0.2) is 24.3 Å². The number of amides is 1. The zero-order valence-corrected chi connectivity index (χ0v) is 47.5. The Balaban J connectivity index is 2.69. The summed E-state index contributed by atoms with van der Waals surface area (Å²) in [5.74, 6) is -1.19. The van der Waals surface area contributed by atoms with Crippen LogP contribution in [0.4, 0.5) is 0 Å². The molecule has 11 heteroatoms. The predicted molar refractivity (Wildman–Crippen MR) is 301 cm³/mol. The Hall–Kier alpha value is -1.86. The molecule has 1 rings (SSSR count). The van der Waals surface area contributed by atoms with Crippen LogP contribution >= 0.6 is 0 Å². The molecule has 0 radical (unpaired) electrons. The molecule has 6 N–H and O–H groups in total. The molecule has 0 saturated carbocycles. The van der Waals surface area contributed by atoms with Crippen LogP contribution in [-0.4, -0.2) is 99.6 Å². The van der Waals surface area contributed by atoms with Gasteiger partial charge < -0.3 is 45.1 Å². The number of aliphatic hydroxyl groups excluding tert-OH is 5. The Morgan fingerprint density at radius 1 is 0.521 bits per heavy atom. The number of hydrogen-bond acceptors (Lipinski definition) is 10. The minimum absolute atomic E-state index is 0.122. The maximum Gasteiger partial charge on any atom is 0.306 e. The third-order valence-corrected chi connectivity index (χ3v) is 14.9. The first-order valence-corrected chi connectivity index (χ1v) is 31.1. The minimum atomic E-state index is -1.61. The Morgan fingerprint density at radius 3 is 1.34 bits per heavy atom. The lowest BCUT2D eigenvalue weighted by Gasteiger charge is -2.41. The van der Waals surface area contributed by atoms with Crippen molar-refractivity contribution < 1.29 is 49.3 Å². The molecule has 0 spiro atoms. The number of nitrogens with one attached hydrogen (secondary N) is 1. The van der Waals surface area contributed by atoms with Crippen molar-refractivity contribution in [2.45, 2.75) is 346 Å². The SMILES string of the molecule is CCCCCC/C=C\CCCCCCCCCC(=O)OC1C(OCC(NC(=O)C(O)CCCCCCCCCCCCCCCCCC)C(O)/C=C/CCCCCCCCCCCCC)OC(CO)C(O)C1O. The van der Waals surface area contributed by atoms with Gasteiger partial charge in [-0.1, -0.05) is 263 Å². The van der Waals surface area contributed by atoms with E-state index in [9.17, 15) is 35.1 Å². The summed E-state index contributed by atoms with van der Waals surface area (Å²) >= 11 is 0. The highest BCUT2D eigenvalue weighted by molar-refractivity contribution is 5.80. The fourth-order valence-corrected chi connectivity index (χ4v) is 9.88. The molecule has 0 aromatic rings. The molecule has 1 amide bonds. The summed E-state index contributed by atoms with van der Waals surface area (Å²) in [6.45, 7) is 5.80. The Morgan fingerprint density at radius 2 is 0.904 bits per heavy atom. The van der Waals surface area contributed by atoms with Crippen molar-refractivity contribution in [1.29, 1.82) is 0 Å². The highest BCUT2D eigenvalue weighted by Gasteiger charge is 2.47. The van der Waals surface area contributed by atoms with Crippen molar-refractivity contribution >= 4 is 11.9 Å². The minimum Gasteiger partial charge on any atom is -0.454 e. The fourth-order valence-electron chi connectivity index (χ4n) is 9.88. The first kappa shape index (κ1) is 69.2. The second-order valence-corrected chi connectivity index (χ2v) is 21.8. The van der Waals surface area contributed by atoms with Crippen LogP contribution in [0, 0.1) is 0 Å². The molecule has 8 atom stereocenters. The van der Waals surface area contributed by atoms with Gasteiger partial charge in [-0.25, -0.2) is 0 Å². The number of unbranched alkanes of at least 4 members (excludes halogenated alkanes) is 37. The third-order valence-electron chi connectivity index (χ3n) is 14.9. The van der Waals surface area contributed by atoms with Crippen molar-refractivity contribution in [3.63, 3.8) is 0 Å². The maximum absolute atomic E-state index is 13.4. The van der Waals surface area contributed by atoms with Crippen molar-refractivity contribution in [3.8, 4) is 0 Å². The van der Waals surface area contributed by atoms with E-state index in [4.69, 9.17) is 14.2 Å². The Kier molecular flexibility index (Phi) is 48.2. The van der Waals surface area contributed by atoms with Crippen molar-refractivity contribution in [2.24, 2.45) is 0 Å². The molecule has 11 nitrogen and oxygen atoms in total. The molecular weight excluding hydrogens is 919 g/mol. The van der Waals surface area contributed by atoms with Crippen molar-refractivity contribution in [1.82, 2.24) is 5.32 Å². The maximum atomic E-state index is 13.4. The lowest BCUT2D eigenvalue weighted by molar-refractivity contribution is -0.305. The number of rotatable bonds is 53. The number of aliphatic hydroxyl groups is 5. The molecular formula is C62H117NO10. The van der Waals surface area contributed by atoms with Gasteiger partial charge in [0.05, 0.1) is 25.4 Å². The molecule has 8 unspecified atom stereocenters. The number of carbonyl (C=O) groups excluding carboxylic acids is 2. The molecule has 1 aliphatic heterocycles. The molecule has 0 bridgehead atoms. The summed E-state index contributed by atoms with van der Waals surface area (Å²) < 4.78 is 17.6. The van der Waals surface area contributed by atoms with Crippen LogP contribution in [0.5, 0.6) is 0 Å². The Labute approximate surface area is 448 Å². The molecule has 1 heterocycles. The second kappa shape index (κ2) is 50.9. The highest BCUT2D eigenvalue weighted by atomic mass is 16.7. The van der Waals surface area contributed by atoms with E-state index in [1.54, 1.807) is 6.08 Å². The van der Waals surface area contributed by atoms with Crippen LogP contribution < -0.4 is 5.32 Å². The summed E-state index contributed by atoms with van der Waals surface area (Å²) in [6.07, 6.45) is 47.8. The van der Waals surface area contributed by atoms with E-state index in [1.807, 2.05) is 6.08 Å². The van der Waals surface area contributed by atoms with Crippen LogP contribution in [-0.2, 0) is 23.8 Å². The summed E-state index contributed by atoms with van der Waals surface area (Å²) in [6, 6.07) is -1.02. The van der Waals surface area contributed by atoms with Gasteiger partial charge in [-0.2, -0.15) is 0 Å². The Bertz CT molecular complexity index is 1280. The first-order chi connectivity index (χ1) is 35.7. The first-order valence-electron chi connectivity index (χ1n) is 31.1. The van der Waals surface area contributed by atoms with Crippen LogP contribution in [0.3, 0.4) is 0 Å². The largest absolute Gasteiger partial charge is 0.454 e. The molecule has 0 aliphatic carbocycles. The average molecular weight is 1040 g/mol. The number of allylic oxidation sites excluding steroid dienone is 3. The van der Waals surface area contributed by atoms with E-state index in [2.05, 4.69) is 38.2 Å². The van der Waals surface area contributed by atoms with E-state index in [-0.39, 0.29) is 13.0 Å². The number of ether oxygens (including phenoxy) is 3. The number of carbonyl (C=O) groups is 2. The second-order valence-electron chi connectivity index (χ2n) is 21.8. The van der Waals surface area contributed by atoms with Gasteiger partial charge in [0.15, 0.2) is 12.4 Å². The van der Waals surface area contributed by atoms with E-state index in [0.29, 0.717) is 19.3 Å². The van der Waals surface area contributed by atoms with Gasteiger partial charge in [-0.15, -0.1) is 0 Å². The summed E-state index contributed by atoms with van der Waals surface area (Å²) in [4.78, 5) is 26.5. The highest BCUT2D eigenvalue weighted by Crippen LogP contribution is 2.26. The third kappa shape index (κ3) is 39.2. The van der Waals surface area contributed by atoms with Gasteiger partial charge in [0.1, 0.15) is 24.4 Å². The smallest absolute Gasteiger partial charge is 0.306 e. The zero-order chi connectivity index (χ0) is 53.3. The van der Waals surface area contributed by atoms with Crippen LogP contribution in [0.25, 0.3) is 0 Å². The molecule has 0 aromatic carbocycles. The van der Waals surface area contributed by atoms with E-state index in [0.717, 1.165) is 70.6 Å². The van der Waals surface area contributed by atoms with Gasteiger partial charge in [-0.3, -0.25) is 9.59 Å².